The van der Waals surface area contributed by atoms with Crippen molar-refractivity contribution in [3.05, 3.63) is 29.3 Å². The summed E-state index contributed by atoms with van der Waals surface area (Å²) in [5, 5.41) is 0. The molecular formula is C16H23NO. The monoisotopic (exact) mass is 245 g/mol. The van der Waals surface area contributed by atoms with Gasteiger partial charge in [0.05, 0.1) is 0 Å². The third kappa shape index (κ3) is 2.74. The summed E-state index contributed by atoms with van der Waals surface area (Å²) < 4.78 is 0. The zero-order valence-electron chi connectivity index (χ0n) is 11.7. The summed E-state index contributed by atoms with van der Waals surface area (Å²) in [6.07, 6.45) is 2.95. The summed E-state index contributed by atoms with van der Waals surface area (Å²) in [5.74, 6) is 0.898. The molecule has 1 aliphatic rings. The number of benzene rings is 1. The predicted octanol–water partition coefficient (Wildman–Crippen LogP) is 3.69. The standard InChI is InChI=1S/C16H23NO/c1-4-16(18)14-8-7-13-6-5-9-17(11-12(2)3)15(13)10-14/h7-8,10,12H,4-6,9,11H2,1-3H3. The number of ketones is 1. The van der Waals surface area contributed by atoms with E-state index in [0.717, 1.165) is 25.1 Å². The Morgan fingerprint density at radius 1 is 1.39 bits per heavy atom. The lowest BCUT2D eigenvalue weighted by atomic mass is 9.97. The predicted molar refractivity (Wildman–Crippen MR) is 76.4 cm³/mol. The number of aryl methyl sites for hydroxylation is 1. The van der Waals surface area contributed by atoms with E-state index in [1.807, 2.05) is 13.0 Å². The van der Waals surface area contributed by atoms with Gasteiger partial charge in [0.2, 0.25) is 0 Å². The molecule has 0 bridgehead atoms. The Kier molecular flexibility index (Phi) is 4.05. The second kappa shape index (κ2) is 5.55. The van der Waals surface area contributed by atoms with Crippen molar-refractivity contribution < 1.29 is 4.79 Å². The Morgan fingerprint density at radius 3 is 2.83 bits per heavy atom. The second-order valence-electron chi connectivity index (χ2n) is 5.56. The number of hydrogen-bond donors (Lipinski definition) is 0. The number of nitrogens with zero attached hydrogens (tertiary/aromatic N) is 1. The van der Waals surface area contributed by atoms with Crippen molar-refractivity contribution in [3.8, 4) is 0 Å². The number of fused-ring (bicyclic) bond motifs is 1. The summed E-state index contributed by atoms with van der Waals surface area (Å²) in [4.78, 5) is 14.2. The number of rotatable bonds is 4. The molecule has 0 saturated carbocycles. The lowest BCUT2D eigenvalue weighted by Gasteiger charge is -2.33. The molecule has 2 heteroatoms. The molecule has 1 aromatic carbocycles. The summed E-state index contributed by atoms with van der Waals surface area (Å²) >= 11 is 0. The molecule has 1 heterocycles. The number of hydrogen-bond acceptors (Lipinski definition) is 2. The molecule has 18 heavy (non-hydrogen) atoms. The van der Waals surface area contributed by atoms with E-state index >= 15 is 0 Å². The van der Waals surface area contributed by atoms with Gasteiger partial charge in [-0.3, -0.25) is 4.79 Å². The van der Waals surface area contributed by atoms with Crippen molar-refractivity contribution in [2.45, 2.75) is 40.0 Å². The first-order valence-corrected chi connectivity index (χ1v) is 7.03. The zero-order valence-corrected chi connectivity index (χ0v) is 11.7. The van der Waals surface area contributed by atoms with Gasteiger partial charge in [0.25, 0.3) is 0 Å². The molecule has 2 nitrogen and oxygen atoms in total. The molecular weight excluding hydrogens is 222 g/mol. The lowest BCUT2D eigenvalue weighted by Crippen LogP contribution is -2.32. The minimum atomic E-state index is 0.243. The van der Waals surface area contributed by atoms with Gasteiger partial charge >= 0.3 is 0 Å². The smallest absolute Gasteiger partial charge is 0.162 e. The van der Waals surface area contributed by atoms with Crippen LogP contribution in [0.2, 0.25) is 0 Å². The van der Waals surface area contributed by atoms with Crippen LogP contribution in [0, 0.1) is 5.92 Å². The van der Waals surface area contributed by atoms with Crippen LogP contribution in [0.4, 0.5) is 5.69 Å². The summed E-state index contributed by atoms with van der Waals surface area (Å²) in [6.45, 7) is 8.62. The number of Topliss-reactive ketones (excluding diaryl/α,β-unsaturated/α-hetero) is 1. The van der Waals surface area contributed by atoms with E-state index in [4.69, 9.17) is 0 Å². The van der Waals surface area contributed by atoms with Gasteiger partial charge in [0.1, 0.15) is 0 Å². The van der Waals surface area contributed by atoms with Crippen molar-refractivity contribution >= 4 is 11.5 Å². The zero-order chi connectivity index (χ0) is 13.1. The molecule has 0 aliphatic carbocycles. The van der Waals surface area contributed by atoms with E-state index in [2.05, 4.69) is 30.9 Å². The van der Waals surface area contributed by atoms with Gasteiger partial charge in [0.15, 0.2) is 5.78 Å². The maximum Gasteiger partial charge on any atom is 0.162 e. The molecule has 0 fully saturated rings. The van der Waals surface area contributed by atoms with Crippen molar-refractivity contribution in [2.75, 3.05) is 18.0 Å². The Balaban J connectivity index is 2.32. The molecule has 0 aromatic heterocycles. The van der Waals surface area contributed by atoms with Crippen LogP contribution < -0.4 is 4.90 Å². The van der Waals surface area contributed by atoms with Crippen LogP contribution in [-0.4, -0.2) is 18.9 Å². The summed E-state index contributed by atoms with van der Waals surface area (Å²) in [5.41, 5.74) is 3.55. The quantitative estimate of drug-likeness (QED) is 0.754. The Labute approximate surface area is 110 Å². The van der Waals surface area contributed by atoms with Gasteiger partial charge in [-0.15, -0.1) is 0 Å². The van der Waals surface area contributed by atoms with E-state index in [9.17, 15) is 4.79 Å². The lowest BCUT2D eigenvalue weighted by molar-refractivity contribution is 0.0988. The van der Waals surface area contributed by atoms with Crippen LogP contribution in [0.25, 0.3) is 0 Å². The van der Waals surface area contributed by atoms with Crippen LogP contribution in [0.15, 0.2) is 18.2 Å². The molecule has 0 amide bonds. The number of anilines is 1. The van der Waals surface area contributed by atoms with E-state index in [1.54, 1.807) is 0 Å². The SMILES string of the molecule is CCC(=O)c1ccc2c(c1)N(CC(C)C)CCC2. The molecule has 0 spiro atoms. The first-order chi connectivity index (χ1) is 8.61. The van der Waals surface area contributed by atoms with Gasteiger partial charge in [-0.1, -0.05) is 32.9 Å². The molecule has 0 radical (unpaired) electrons. The third-order valence-electron chi connectivity index (χ3n) is 3.53. The van der Waals surface area contributed by atoms with Gasteiger partial charge in [-0.05, 0) is 30.4 Å². The van der Waals surface area contributed by atoms with Crippen LogP contribution in [0.3, 0.4) is 0 Å². The van der Waals surface area contributed by atoms with Gasteiger partial charge in [-0.25, -0.2) is 0 Å². The molecule has 0 atom stereocenters. The summed E-state index contributed by atoms with van der Waals surface area (Å²) in [7, 11) is 0. The van der Waals surface area contributed by atoms with Crippen molar-refractivity contribution in [3.63, 3.8) is 0 Å². The molecule has 0 N–H and O–H groups in total. The van der Waals surface area contributed by atoms with Crippen LogP contribution in [0.5, 0.6) is 0 Å². The van der Waals surface area contributed by atoms with Gasteiger partial charge in [0, 0.05) is 30.8 Å². The van der Waals surface area contributed by atoms with Gasteiger partial charge in [-0.2, -0.15) is 0 Å². The maximum atomic E-state index is 11.8. The first kappa shape index (κ1) is 13.1. The number of carbonyl (C=O) groups is 1. The normalized spacial score (nSPS) is 14.8. The van der Waals surface area contributed by atoms with E-state index < -0.39 is 0 Å². The van der Waals surface area contributed by atoms with E-state index in [0.29, 0.717) is 12.3 Å². The highest BCUT2D eigenvalue weighted by Crippen LogP contribution is 2.29. The Hall–Kier alpha value is -1.31. The van der Waals surface area contributed by atoms with E-state index in [-0.39, 0.29) is 5.78 Å². The first-order valence-electron chi connectivity index (χ1n) is 7.03. The number of carbonyl (C=O) groups excluding carboxylic acids is 1. The van der Waals surface area contributed by atoms with Crippen molar-refractivity contribution in [2.24, 2.45) is 5.92 Å². The highest BCUT2D eigenvalue weighted by Gasteiger charge is 2.18. The van der Waals surface area contributed by atoms with Crippen LogP contribution in [-0.2, 0) is 6.42 Å². The van der Waals surface area contributed by atoms with Crippen molar-refractivity contribution in [1.82, 2.24) is 0 Å². The Morgan fingerprint density at radius 2 is 2.17 bits per heavy atom. The largest absolute Gasteiger partial charge is 0.371 e. The average Bonchev–Trinajstić information content (AvgIpc) is 2.37. The molecule has 0 unspecified atom stereocenters. The molecule has 2 rings (SSSR count). The second-order valence-corrected chi connectivity index (χ2v) is 5.56. The molecule has 0 saturated heterocycles. The fraction of sp³-hybridized carbons (Fsp3) is 0.562. The minimum Gasteiger partial charge on any atom is -0.371 e. The fourth-order valence-corrected chi connectivity index (χ4v) is 2.66. The Bertz CT molecular complexity index is 437. The highest BCUT2D eigenvalue weighted by atomic mass is 16.1. The molecule has 1 aliphatic heterocycles. The molecule has 1 aromatic rings. The highest BCUT2D eigenvalue weighted by molar-refractivity contribution is 5.97. The van der Waals surface area contributed by atoms with Crippen LogP contribution >= 0.6 is 0 Å². The topological polar surface area (TPSA) is 20.3 Å². The van der Waals surface area contributed by atoms with Gasteiger partial charge < -0.3 is 4.90 Å². The average molecular weight is 245 g/mol. The fourth-order valence-electron chi connectivity index (χ4n) is 2.66. The summed E-state index contributed by atoms with van der Waals surface area (Å²) in [6, 6.07) is 6.23. The van der Waals surface area contributed by atoms with E-state index in [1.165, 1.54) is 17.7 Å². The molecule has 98 valence electrons. The van der Waals surface area contributed by atoms with Crippen molar-refractivity contribution in [1.29, 1.82) is 0 Å². The third-order valence-corrected chi connectivity index (χ3v) is 3.53. The maximum absolute atomic E-state index is 11.8. The van der Waals surface area contributed by atoms with Crippen LogP contribution in [0.1, 0.15) is 49.5 Å². The minimum absolute atomic E-state index is 0.243.